The molecule has 0 saturated heterocycles. The van der Waals surface area contributed by atoms with E-state index in [1.807, 2.05) is 0 Å². The maximum atomic E-state index is 11.1. The van der Waals surface area contributed by atoms with Crippen LogP contribution in [0.4, 0.5) is 0 Å². The molecule has 0 amide bonds. The van der Waals surface area contributed by atoms with E-state index in [1.54, 1.807) is 0 Å². The summed E-state index contributed by atoms with van der Waals surface area (Å²) in [6.07, 6.45) is 3.64. The van der Waals surface area contributed by atoms with E-state index in [0.717, 1.165) is 19.3 Å². The summed E-state index contributed by atoms with van der Waals surface area (Å²) >= 11 is 0. The van der Waals surface area contributed by atoms with Gasteiger partial charge in [-0.2, -0.15) is 0 Å². The Kier molecular flexibility index (Phi) is 11.2. The molecule has 0 aliphatic heterocycles. The van der Waals surface area contributed by atoms with Gasteiger partial charge in [-0.15, -0.1) is 0 Å². The van der Waals surface area contributed by atoms with Crippen molar-refractivity contribution < 1.29 is 13.9 Å². The molecule has 0 heterocycles. The summed E-state index contributed by atoms with van der Waals surface area (Å²) in [5.74, 6) is 0.0531. The van der Waals surface area contributed by atoms with Gasteiger partial charge in [-0.05, 0) is 6.42 Å². The summed E-state index contributed by atoms with van der Waals surface area (Å²) in [5.41, 5.74) is 0. The van der Waals surface area contributed by atoms with Gasteiger partial charge in [0.05, 0.1) is 0 Å². The third-order valence-electron chi connectivity index (χ3n) is 1.60. The molecule has 5 heteroatoms. The normalized spacial score (nSPS) is 10.8. The van der Waals surface area contributed by atoms with Gasteiger partial charge in [0.2, 0.25) is 0 Å². The maximum absolute atomic E-state index is 11.1. The summed E-state index contributed by atoms with van der Waals surface area (Å²) in [6, 6.07) is 0. The van der Waals surface area contributed by atoms with E-state index in [-0.39, 0.29) is 41.9 Å². The second kappa shape index (κ2) is 9.11. The minimum absolute atomic E-state index is 0. The molecular weight excluding hydrogens is 210 g/mol. The standard InChI is InChI=1S/C9H19O3P.Na.H/c1-4-5-6-7-9(10)8-12-13(2,3)11;;/h4-8H2,1-3H3;;. The van der Waals surface area contributed by atoms with Crippen LogP contribution in [-0.4, -0.2) is 55.3 Å². The van der Waals surface area contributed by atoms with Gasteiger partial charge < -0.3 is 4.52 Å². The first-order valence-corrected chi connectivity index (χ1v) is 7.19. The first-order valence-electron chi connectivity index (χ1n) is 4.67. The van der Waals surface area contributed by atoms with Crippen LogP contribution in [-0.2, 0) is 13.9 Å². The molecule has 0 bridgehead atoms. The molecule has 0 aliphatic carbocycles. The second-order valence-electron chi connectivity index (χ2n) is 3.52. The van der Waals surface area contributed by atoms with Crippen LogP contribution < -0.4 is 0 Å². The van der Waals surface area contributed by atoms with Crippen LogP contribution in [0.2, 0.25) is 0 Å². The number of carbonyl (C=O) groups excluding carboxylic acids is 1. The Balaban J connectivity index is 0. The quantitative estimate of drug-likeness (QED) is 0.382. The average molecular weight is 230 g/mol. The number of hydrogen-bond donors (Lipinski definition) is 0. The molecule has 0 rings (SSSR count). The molecule has 0 aromatic heterocycles. The van der Waals surface area contributed by atoms with E-state index >= 15 is 0 Å². The van der Waals surface area contributed by atoms with E-state index < -0.39 is 7.37 Å². The molecule has 0 unspecified atom stereocenters. The van der Waals surface area contributed by atoms with Gasteiger partial charge in [-0.25, -0.2) is 0 Å². The van der Waals surface area contributed by atoms with E-state index in [9.17, 15) is 9.36 Å². The zero-order valence-corrected chi connectivity index (χ0v) is 9.60. The fraction of sp³-hybridized carbons (Fsp3) is 0.889. The van der Waals surface area contributed by atoms with Crippen molar-refractivity contribution in [2.45, 2.75) is 32.6 Å². The Labute approximate surface area is 109 Å². The third-order valence-corrected chi connectivity index (χ3v) is 2.35. The third kappa shape index (κ3) is 12.9. The van der Waals surface area contributed by atoms with Crippen molar-refractivity contribution in [3.8, 4) is 0 Å². The predicted molar refractivity (Wildman–Crippen MR) is 61.7 cm³/mol. The van der Waals surface area contributed by atoms with Gasteiger partial charge in [-0.1, -0.05) is 19.8 Å². The summed E-state index contributed by atoms with van der Waals surface area (Å²) in [7, 11) is -2.48. The van der Waals surface area contributed by atoms with E-state index in [0.29, 0.717) is 6.42 Å². The predicted octanol–water partition coefficient (Wildman–Crippen LogP) is 2.04. The Hall–Kier alpha value is 0.860. The van der Waals surface area contributed by atoms with E-state index in [1.165, 1.54) is 13.3 Å². The van der Waals surface area contributed by atoms with Gasteiger partial charge in [0, 0.05) is 19.8 Å². The zero-order valence-electron chi connectivity index (χ0n) is 8.71. The van der Waals surface area contributed by atoms with Crippen LogP contribution in [0.25, 0.3) is 0 Å². The Morgan fingerprint density at radius 3 is 2.29 bits per heavy atom. The fourth-order valence-corrected chi connectivity index (χ4v) is 1.33. The van der Waals surface area contributed by atoms with Gasteiger partial charge in [0.25, 0.3) is 0 Å². The topological polar surface area (TPSA) is 43.4 Å². The molecule has 0 fully saturated rings. The van der Waals surface area contributed by atoms with Crippen molar-refractivity contribution in [3.05, 3.63) is 0 Å². The van der Waals surface area contributed by atoms with Crippen molar-refractivity contribution in [3.63, 3.8) is 0 Å². The molecule has 0 saturated carbocycles. The summed E-state index contributed by atoms with van der Waals surface area (Å²) < 4.78 is 16.0. The second-order valence-corrected chi connectivity index (χ2v) is 6.28. The van der Waals surface area contributed by atoms with Crippen LogP contribution in [0.15, 0.2) is 0 Å². The van der Waals surface area contributed by atoms with Crippen LogP contribution in [0.1, 0.15) is 32.6 Å². The number of Topliss-reactive ketones (excluding diaryl/α,β-unsaturated/α-hetero) is 1. The molecule has 0 N–H and O–H groups in total. The van der Waals surface area contributed by atoms with E-state index in [2.05, 4.69) is 6.92 Å². The molecule has 0 aromatic carbocycles. The minimum atomic E-state index is -2.48. The molecule has 0 aliphatic rings. The van der Waals surface area contributed by atoms with Gasteiger partial charge in [0.1, 0.15) is 6.61 Å². The van der Waals surface area contributed by atoms with Crippen molar-refractivity contribution in [1.29, 1.82) is 0 Å². The first kappa shape index (κ1) is 17.3. The number of carbonyl (C=O) groups is 1. The number of rotatable bonds is 7. The Morgan fingerprint density at radius 1 is 1.29 bits per heavy atom. The molecule has 0 atom stereocenters. The van der Waals surface area contributed by atoms with Crippen molar-refractivity contribution in [1.82, 2.24) is 0 Å². The number of hydrogen-bond acceptors (Lipinski definition) is 3. The van der Waals surface area contributed by atoms with Gasteiger partial charge in [0.15, 0.2) is 13.2 Å². The van der Waals surface area contributed by atoms with Gasteiger partial charge >= 0.3 is 29.6 Å². The Morgan fingerprint density at radius 2 is 1.86 bits per heavy atom. The first-order chi connectivity index (χ1) is 5.95. The summed E-state index contributed by atoms with van der Waals surface area (Å²) in [6.45, 7) is 5.14. The molecule has 0 radical (unpaired) electrons. The fourth-order valence-electron chi connectivity index (χ4n) is 0.872. The molecule has 80 valence electrons. The molecule has 0 aromatic rings. The molecule has 0 spiro atoms. The van der Waals surface area contributed by atoms with Crippen LogP contribution in [0.3, 0.4) is 0 Å². The number of ketones is 1. The van der Waals surface area contributed by atoms with Crippen molar-refractivity contribution >= 4 is 42.7 Å². The summed E-state index contributed by atoms with van der Waals surface area (Å²) in [4.78, 5) is 11.1. The van der Waals surface area contributed by atoms with Crippen molar-refractivity contribution in [2.24, 2.45) is 0 Å². The SMILES string of the molecule is CCCCCC(=O)COP(C)(C)=O.[NaH]. The zero-order chi connectivity index (χ0) is 10.3. The van der Waals surface area contributed by atoms with Crippen LogP contribution in [0.5, 0.6) is 0 Å². The molecular formula is C9H20NaO3P. The average Bonchev–Trinajstić information content (AvgIpc) is 2.00. The van der Waals surface area contributed by atoms with Crippen molar-refractivity contribution in [2.75, 3.05) is 19.9 Å². The van der Waals surface area contributed by atoms with Gasteiger partial charge in [-0.3, -0.25) is 9.36 Å². The Bertz CT molecular complexity index is 200. The molecule has 3 nitrogen and oxygen atoms in total. The number of unbranched alkanes of at least 4 members (excludes halogenated alkanes) is 2. The van der Waals surface area contributed by atoms with Crippen LogP contribution in [0, 0.1) is 0 Å². The van der Waals surface area contributed by atoms with Crippen LogP contribution >= 0.6 is 7.37 Å². The monoisotopic (exact) mass is 230 g/mol. The summed E-state index contributed by atoms with van der Waals surface area (Å²) in [5, 5.41) is 0. The molecule has 14 heavy (non-hydrogen) atoms. The van der Waals surface area contributed by atoms with E-state index in [4.69, 9.17) is 4.52 Å².